The van der Waals surface area contributed by atoms with Gasteiger partial charge in [-0.3, -0.25) is 4.79 Å². The maximum absolute atomic E-state index is 11.6. The van der Waals surface area contributed by atoms with Crippen molar-refractivity contribution in [2.75, 3.05) is 0 Å². The fourth-order valence-electron chi connectivity index (χ4n) is 2.55. The summed E-state index contributed by atoms with van der Waals surface area (Å²) in [4.78, 5) is 21.1. The van der Waals surface area contributed by atoms with Crippen LogP contribution < -0.4 is 5.73 Å². The Balaban J connectivity index is 0. The molecule has 0 heterocycles. The lowest BCUT2D eigenvalue weighted by molar-refractivity contribution is -0.134. The predicted molar refractivity (Wildman–Crippen MR) is 83.3 cm³/mol. The molecule has 20 heavy (non-hydrogen) atoms. The molecule has 3 N–H and O–H groups in total. The topological polar surface area (TPSA) is 80.4 Å². The van der Waals surface area contributed by atoms with Gasteiger partial charge in [0.15, 0.2) is 0 Å². The molecule has 0 aliphatic rings. The summed E-state index contributed by atoms with van der Waals surface area (Å²) in [5.41, 5.74) is 5.27. The average Bonchev–Trinajstić information content (AvgIpc) is 2.29. The van der Waals surface area contributed by atoms with Gasteiger partial charge in [0.2, 0.25) is 5.91 Å². The van der Waals surface area contributed by atoms with Gasteiger partial charge in [-0.1, -0.05) is 53.5 Å². The van der Waals surface area contributed by atoms with E-state index in [1.807, 2.05) is 0 Å². The predicted octanol–water partition coefficient (Wildman–Crippen LogP) is 3.61. The maximum atomic E-state index is 11.6. The van der Waals surface area contributed by atoms with Gasteiger partial charge in [0, 0.05) is 6.08 Å². The molecule has 0 fully saturated rings. The lowest BCUT2D eigenvalue weighted by Gasteiger charge is -2.38. The number of amides is 1. The molecule has 0 aliphatic heterocycles. The van der Waals surface area contributed by atoms with Crippen LogP contribution in [-0.4, -0.2) is 17.0 Å². The zero-order valence-corrected chi connectivity index (χ0v) is 13.8. The number of primary amides is 1. The molecule has 1 amide bonds. The van der Waals surface area contributed by atoms with E-state index in [1.54, 1.807) is 6.92 Å². The molecule has 0 radical (unpaired) electrons. The summed E-state index contributed by atoms with van der Waals surface area (Å²) >= 11 is 0. The molecule has 0 unspecified atom stereocenters. The second kappa shape index (κ2) is 10.5. The summed E-state index contributed by atoms with van der Waals surface area (Å²) < 4.78 is 0. The van der Waals surface area contributed by atoms with Crippen LogP contribution in [0.2, 0.25) is 0 Å². The van der Waals surface area contributed by atoms with Crippen LogP contribution in [0.4, 0.5) is 0 Å². The molecule has 0 rings (SSSR count). The number of rotatable bonds is 7. The summed E-state index contributed by atoms with van der Waals surface area (Å²) in [6.45, 7) is 12.2. The molecule has 0 saturated heterocycles. The van der Waals surface area contributed by atoms with Crippen molar-refractivity contribution in [2.45, 2.75) is 60.8 Å². The highest BCUT2D eigenvalue weighted by molar-refractivity contribution is 5.81. The van der Waals surface area contributed by atoms with Gasteiger partial charge in [-0.25, -0.2) is 4.79 Å². The number of carboxylic acid groups (broad SMARTS) is 1. The highest BCUT2D eigenvalue weighted by atomic mass is 16.4. The SMILES string of the molecule is CC=CC(=O)O.CCCCC(C(N)=O)(C(C)C)C(C)C. The Morgan fingerprint density at radius 3 is 1.80 bits per heavy atom. The summed E-state index contributed by atoms with van der Waals surface area (Å²) in [5, 5.41) is 7.83. The van der Waals surface area contributed by atoms with Crippen LogP contribution in [0.5, 0.6) is 0 Å². The average molecular weight is 285 g/mol. The number of nitrogens with two attached hydrogens (primary N) is 1. The van der Waals surface area contributed by atoms with Gasteiger partial charge in [0.1, 0.15) is 0 Å². The van der Waals surface area contributed by atoms with Gasteiger partial charge in [-0.05, 0) is 25.2 Å². The monoisotopic (exact) mass is 285 g/mol. The number of carboxylic acids is 1. The van der Waals surface area contributed by atoms with Crippen molar-refractivity contribution in [1.82, 2.24) is 0 Å². The lowest BCUT2D eigenvalue weighted by atomic mass is 9.65. The summed E-state index contributed by atoms with van der Waals surface area (Å²) in [6.07, 6.45) is 5.68. The summed E-state index contributed by atoms with van der Waals surface area (Å²) in [7, 11) is 0. The molecule has 118 valence electrons. The van der Waals surface area contributed by atoms with Crippen LogP contribution in [0.15, 0.2) is 12.2 Å². The van der Waals surface area contributed by atoms with E-state index >= 15 is 0 Å². The number of hydrogen-bond donors (Lipinski definition) is 2. The highest BCUT2D eigenvalue weighted by Crippen LogP contribution is 2.40. The summed E-state index contributed by atoms with van der Waals surface area (Å²) in [5.74, 6) is -0.369. The zero-order valence-electron chi connectivity index (χ0n) is 13.8. The molecule has 0 saturated carbocycles. The first-order chi connectivity index (χ1) is 9.16. The molecule has 0 aromatic heterocycles. The summed E-state index contributed by atoms with van der Waals surface area (Å²) in [6, 6.07) is 0. The minimum Gasteiger partial charge on any atom is -0.478 e. The van der Waals surface area contributed by atoms with Gasteiger partial charge in [0.05, 0.1) is 5.41 Å². The fraction of sp³-hybridized carbons (Fsp3) is 0.750. The van der Waals surface area contributed by atoms with Crippen molar-refractivity contribution < 1.29 is 14.7 Å². The molecule has 0 spiro atoms. The van der Waals surface area contributed by atoms with E-state index in [2.05, 4.69) is 34.6 Å². The fourth-order valence-corrected chi connectivity index (χ4v) is 2.55. The van der Waals surface area contributed by atoms with Gasteiger partial charge < -0.3 is 10.8 Å². The molecule has 4 nitrogen and oxygen atoms in total. The molecule has 0 aromatic carbocycles. The van der Waals surface area contributed by atoms with Crippen molar-refractivity contribution >= 4 is 11.9 Å². The van der Waals surface area contributed by atoms with E-state index in [0.717, 1.165) is 25.3 Å². The molecular formula is C16H31NO3. The van der Waals surface area contributed by atoms with Crippen LogP contribution in [0.25, 0.3) is 0 Å². The minimum atomic E-state index is -0.891. The quantitative estimate of drug-likeness (QED) is 0.701. The number of carbonyl (C=O) groups is 2. The van der Waals surface area contributed by atoms with Crippen molar-refractivity contribution in [1.29, 1.82) is 0 Å². The van der Waals surface area contributed by atoms with E-state index in [0.29, 0.717) is 11.8 Å². The Morgan fingerprint density at radius 2 is 1.65 bits per heavy atom. The number of hydrogen-bond acceptors (Lipinski definition) is 2. The van der Waals surface area contributed by atoms with Crippen LogP contribution in [-0.2, 0) is 9.59 Å². The van der Waals surface area contributed by atoms with E-state index < -0.39 is 5.97 Å². The molecule has 0 aliphatic carbocycles. The second-order valence-corrected chi connectivity index (χ2v) is 5.66. The Morgan fingerprint density at radius 1 is 1.20 bits per heavy atom. The first kappa shape index (κ1) is 21.0. The van der Waals surface area contributed by atoms with Crippen molar-refractivity contribution in [3.8, 4) is 0 Å². The Bertz CT molecular complexity index is 312. The van der Waals surface area contributed by atoms with E-state index in [9.17, 15) is 9.59 Å². The third kappa shape index (κ3) is 6.73. The molecule has 0 aromatic rings. The standard InChI is InChI=1S/C12H25NO.C4H6O2/c1-6-7-8-12(9(2)3,10(4)5)11(13)14;1-2-3-4(5)6/h9-10H,6-8H2,1-5H3,(H2,13,14);2-3H,1H3,(H,5,6). The Kier molecular flexibility index (Phi) is 11.0. The first-order valence-electron chi connectivity index (χ1n) is 7.32. The minimum absolute atomic E-state index is 0.129. The molecule has 0 bridgehead atoms. The van der Waals surface area contributed by atoms with Crippen LogP contribution in [0, 0.1) is 17.3 Å². The van der Waals surface area contributed by atoms with Crippen molar-refractivity contribution in [3.63, 3.8) is 0 Å². The Labute approximate surface area is 123 Å². The second-order valence-electron chi connectivity index (χ2n) is 5.66. The lowest BCUT2D eigenvalue weighted by Crippen LogP contribution is -2.45. The molecule has 4 heteroatoms. The number of allylic oxidation sites excluding steroid dienone is 1. The molecular weight excluding hydrogens is 254 g/mol. The maximum Gasteiger partial charge on any atom is 0.327 e. The van der Waals surface area contributed by atoms with Crippen molar-refractivity contribution in [2.24, 2.45) is 23.0 Å². The smallest absolute Gasteiger partial charge is 0.327 e. The van der Waals surface area contributed by atoms with Gasteiger partial charge in [-0.15, -0.1) is 0 Å². The largest absolute Gasteiger partial charge is 0.478 e. The van der Waals surface area contributed by atoms with Gasteiger partial charge in [0.25, 0.3) is 0 Å². The van der Waals surface area contributed by atoms with Crippen molar-refractivity contribution in [3.05, 3.63) is 12.2 Å². The van der Waals surface area contributed by atoms with Crippen LogP contribution in [0.3, 0.4) is 0 Å². The number of unbranched alkanes of at least 4 members (excludes halogenated alkanes) is 1. The zero-order chi connectivity index (χ0) is 16.3. The van der Waals surface area contributed by atoms with Gasteiger partial charge >= 0.3 is 5.97 Å². The highest BCUT2D eigenvalue weighted by Gasteiger charge is 2.41. The van der Waals surface area contributed by atoms with Gasteiger partial charge in [-0.2, -0.15) is 0 Å². The Hall–Kier alpha value is -1.32. The normalized spacial score (nSPS) is 11.6. The van der Waals surface area contributed by atoms with E-state index in [-0.39, 0.29) is 11.3 Å². The van der Waals surface area contributed by atoms with Crippen LogP contribution >= 0.6 is 0 Å². The number of carbonyl (C=O) groups excluding carboxylic acids is 1. The third-order valence-electron chi connectivity index (χ3n) is 3.77. The third-order valence-corrected chi connectivity index (χ3v) is 3.77. The van der Waals surface area contributed by atoms with E-state index in [4.69, 9.17) is 10.8 Å². The van der Waals surface area contributed by atoms with Crippen LogP contribution in [0.1, 0.15) is 60.8 Å². The molecule has 0 atom stereocenters. The number of aliphatic carboxylic acids is 1. The van der Waals surface area contributed by atoms with E-state index in [1.165, 1.54) is 6.08 Å². The first-order valence-corrected chi connectivity index (χ1v) is 7.32.